The zero-order chi connectivity index (χ0) is 16.8. The molecule has 0 saturated heterocycles. The van der Waals surface area contributed by atoms with Gasteiger partial charge in [0.2, 0.25) is 5.69 Å². The molecule has 0 spiro atoms. The van der Waals surface area contributed by atoms with Crippen molar-refractivity contribution in [1.82, 2.24) is 4.73 Å². The fraction of sp³-hybridized carbons (Fsp3) is 0.0714. The quantitative estimate of drug-likeness (QED) is 0.536. The van der Waals surface area contributed by atoms with Gasteiger partial charge in [0.25, 0.3) is 11.3 Å². The first-order valence-corrected chi connectivity index (χ1v) is 6.25. The Labute approximate surface area is 125 Å². The van der Waals surface area contributed by atoms with Crippen molar-refractivity contribution in [3.8, 4) is 0 Å². The van der Waals surface area contributed by atoms with E-state index in [9.17, 15) is 28.1 Å². The molecule has 0 radical (unpaired) electrons. The maximum atomic E-state index is 13.3. The van der Waals surface area contributed by atoms with Gasteiger partial charge in [-0.25, -0.2) is 0 Å². The average Bonchev–Trinajstić information content (AvgIpc) is 3.03. The minimum Gasteiger partial charge on any atom is -0.805 e. The van der Waals surface area contributed by atoms with Crippen molar-refractivity contribution in [1.29, 1.82) is 0 Å². The van der Waals surface area contributed by atoms with E-state index in [0.29, 0.717) is 0 Å². The van der Waals surface area contributed by atoms with E-state index in [1.54, 1.807) is 0 Å². The van der Waals surface area contributed by atoms with Gasteiger partial charge >= 0.3 is 11.9 Å². The van der Waals surface area contributed by atoms with Crippen molar-refractivity contribution < 1.29 is 26.8 Å². The lowest BCUT2D eigenvalue weighted by molar-refractivity contribution is -0.470. The second kappa shape index (κ2) is 4.97. The first-order valence-electron chi connectivity index (χ1n) is 6.25. The van der Waals surface area contributed by atoms with Gasteiger partial charge in [0.1, 0.15) is 5.52 Å². The molecule has 0 N–H and O–H groups in total. The number of hydrogen-bond donors (Lipinski definition) is 0. The lowest BCUT2D eigenvalue weighted by atomic mass is 10.1. The summed E-state index contributed by atoms with van der Waals surface area (Å²) in [6, 6.07) is 7.27. The molecule has 3 rings (SSSR count). The molecule has 118 valence electrons. The van der Waals surface area contributed by atoms with Gasteiger partial charge in [-0.1, -0.05) is 12.1 Å². The Kier molecular flexibility index (Phi) is 3.20. The van der Waals surface area contributed by atoms with Crippen LogP contribution in [0.3, 0.4) is 0 Å². The van der Waals surface area contributed by atoms with E-state index in [0.717, 1.165) is 24.5 Å². The normalized spacial score (nSPS) is 11.8. The van der Waals surface area contributed by atoms with E-state index in [1.165, 1.54) is 18.2 Å². The number of halogens is 3. The molecule has 2 heterocycles. The molecule has 0 bridgehead atoms. The molecule has 9 heteroatoms. The van der Waals surface area contributed by atoms with Gasteiger partial charge in [-0.05, 0) is 18.2 Å². The molecule has 0 fully saturated rings. The molecule has 2 aromatic heterocycles. The smallest absolute Gasteiger partial charge is 0.438 e. The third kappa shape index (κ3) is 2.26. The van der Waals surface area contributed by atoms with Crippen LogP contribution in [0.2, 0.25) is 0 Å². The predicted molar refractivity (Wildman–Crippen MR) is 71.2 cm³/mol. The highest BCUT2D eigenvalue weighted by atomic mass is 19.4. The van der Waals surface area contributed by atoms with Gasteiger partial charge in [-0.15, -0.1) is 0 Å². The van der Waals surface area contributed by atoms with E-state index in [1.807, 2.05) is 0 Å². The second-order valence-electron chi connectivity index (χ2n) is 4.58. The highest BCUT2D eigenvalue weighted by molar-refractivity contribution is 6.06. The monoisotopic (exact) mass is 324 g/mol. The van der Waals surface area contributed by atoms with Crippen molar-refractivity contribution in [2.75, 3.05) is 0 Å². The van der Waals surface area contributed by atoms with Crippen LogP contribution in [0.5, 0.6) is 0 Å². The number of aromatic nitrogens is 2. The Balaban J connectivity index is 2.47. The molecule has 0 amide bonds. The van der Waals surface area contributed by atoms with Gasteiger partial charge in [0, 0.05) is 11.0 Å². The van der Waals surface area contributed by atoms with Crippen molar-refractivity contribution >= 4 is 16.8 Å². The number of furan rings is 1. The lowest BCUT2D eigenvalue weighted by Gasteiger charge is -2.19. The number of ketones is 1. The zero-order valence-corrected chi connectivity index (χ0v) is 11.2. The molecule has 1 aromatic carbocycles. The number of alkyl halides is 3. The first-order chi connectivity index (χ1) is 10.8. The van der Waals surface area contributed by atoms with Crippen molar-refractivity contribution in [2.24, 2.45) is 0 Å². The topological polar surface area (TPSA) is 81.2 Å². The summed E-state index contributed by atoms with van der Waals surface area (Å²) in [5, 5.41) is 12.1. The highest BCUT2D eigenvalue weighted by Gasteiger charge is 2.45. The van der Waals surface area contributed by atoms with Gasteiger partial charge in [-0.3, -0.25) is 4.79 Å². The zero-order valence-electron chi connectivity index (χ0n) is 11.2. The molecule has 0 aliphatic rings. The Hall–Kier alpha value is -3.10. The minimum atomic E-state index is -5.20. The molecule has 6 nitrogen and oxygen atoms in total. The van der Waals surface area contributed by atoms with E-state index in [2.05, 4.69) is 0 Å². The number of carbonyl (C=O) groups is 1. The standard InChI is InChI=1S/C14H7F3N2O4/c15-14(16,17)13-11(12(20)10-6-3-7-23-10)18(21)8-4-1-2-5-9(8)19(13)22/h1-7H. The van der Waals surface area contributed by atoms with Gasteiger partial charge < -0.3 is 14.4 Å². The Bertz CT molecular complexity index is 959. The summed E-state index contributed by atoms with van der Waals surface area (Å²) >= 11 is 0. The van der Waals surface area contributed by atoms with Crippen LogP contribution in [0, 0.1) is 10.1 Å². The number of carbonyl (C=O) groups excluding carboxylic acids is 1. The SMILES string of the molecule is O=C(c1ccco1)c1c(C(F)(F)F)n([O-])c2ccccc2[n+]1=O. The Morgan fingerprint density at radius 2 is 1.87 bits per heavy atom. The van der Waals surface area contributed by atoms with Gasteiger partial charge in [0.15, 0.2) is 5.76 Å². The third-order valence-corrected chi connectivity index (χ3v) is 3.18. The van der Waals surface area contributed by atoms with Crippen LogP contribution in [0.15, 0.2) is 47.1 Å². The summed E-state index contributed by atoms with van der Waals surface area (Å²) < 4.78 is 43.9. The molecule has 0 aliphatic carbocycles. The largest absolute Gasteiger partial charge is 0.805 e. The first kappa shape index (κ1) is 14.8. The summed E-state index contributed by atoms with van der Waals surface area (Å²) in [4.78, 5) is 24.5. The summed E-state index contributed by atoms with van der Waals surface area (Å²) in [7, 11) is 0. The molecule has 0 atom stereocenters. The van der Waals surface area contributed by atoms with Gasteiger partial charge in [-0.2, -0.15) is 13.2 Å². The van der Waals surface area contributed by atoms with Crippen LogP contribution in [-0.2, 0) is 6.18 Å². The number of nitrogens with zero attached hydrogens (tertiary/aromatic N) is 2. The number of hydrogen-bond acceptors (Lipinski definition) is 4. The maximum absolute atomic E-state index is 13.3. The third-order valence-electron chi connectivity index (χ3n) is 3.18. The number of rotatable bonds is 2. The molecule has 23 heavy (non-hydrogen) atoms. The molecular weight excluding hydrogens is 317 g/mol. The summed E-state index contributed by atoms with van der Waals surface area (Å²) in [5.41, 5.74) is -4.06. The fourth-order valence-corrected chi connectivity index (χ4v) is 2.21. The van der Waals surface area contributed by atoms with E-state index < -0.39 is 39.4 Å². The summed E-state index contributed by atoms with van der Waals surface area (Å²) in [6.07, 6.45) is -4.13. The van der Waals surface area contributed by atoms with E-state index in [-0.39, 0.29) is 9.94 Å². The van der Waals surface area contributed by atoms with Crippen molar-refractivity contribution in [3.63, 3.8) is 0 Å². The average molecular weight is 324 g/mol. The maximum Gasteiger partial charge on any atom is 0.438 e. The van der Waals surface area contributed by atoms with Crippen LogP contribution in [0.4, 0.5) is 13.2 Å². The Morgan fingerprint density at radius 1 is 1.17 bits per heavy atom. The summed E-state index contributed by atoms with van der Waals surface area (Å²) in [6.45, 7) is 0. The highest BCUT2D eigenvalue weighted by Crippen LogP contribution is 2.33. The molecule has 3 aromatic rings. The molecule has 0 unspecified atom stereocenters. The van der Waals surface area contributed by atoms with Crippen LogP contribution < -0.4 is 4.43 Å². The number of benzene rings is 1. The molecular formula is C14H7F3N2O4. The van der Waals surface area contributed by atoms with Crippen LogP contribution >= 0.6 is 0 Å². The van der Waals surface area contributed by atoms with Gasteiger partial charge in [0.05, 0.1) is 10.7 Å². The van der Waals surface area contributed by atoms with Crippen LogP contribution in [0.1, 0.15) is 21.9 Å². The van der Waals surface area contributed by atoms with Crippen LogP contribution in [0.25, 0.3) is 11.0 Å². The molecule has 0 aliphatic heterocycles. The van der Waals surface area contributed by atoms with E-state index >= 15 is 0 Å². The fourth-order valence-electron chi connectivity index (χ4n) is 2.21. The molecule has 0 saturated carbocycles. The summed E-state index contributed by atoms with van der Waals surface area (Å²) in [5.74, 6) is -1.80. The number of fused-ring (bicyclic) bond motifs is 1. The van der Waals surface area contributed by atoms with Crippen molar-refractivity contribution in [2.45, 2.75) is 6.18 Å². The van der Waals surface area contributed by atoms with Crippen LogP contribution in [-0.4, -0.2) is 10.5 Å². The lowest BCUT2D eigenvalue weighted by Crippen LogP contribution is -2.34. The second-order valence-corrected chi connectivity index (χ2v) is 4.58. The minimum absolute atomic E-state index is 0.197. The predicted octanol–water partition coefficient (Wildman–Crippen LogP) is 2.74. The van der Waals surface area contributed by atoms with Crippen molar-refractivity contribution in [3.05, 3.63) is 69.9 Å². The Morgan fingerprint density at radius 3 is 2.48 bits per heavy atom. The number of para-hydroxylation sites is 2. The van der Waals surface area contributed by atoms with E-state index in [4.69, 9.17) is 4.42 Å².